The van der Waals surface area contributed by atoms with Crippen molar-refractivity contribution in [2.75, 3.05) is 39.8 Å². The van der Waals surface area contributed by atoms with E-state index in [0.29, 0.717) is 12.2 Å². The van der Waals surface area contributed by atoms with E-state index in [-0.39, 0.29) is 24.0 Å². The van der Waals surface area contributed by atoms with Crippen LogP contribution in [0, 0.1) is 0 Å². The Labute approximate surface area is 171 Å². The van der Waals surface area contributed by atoms with E-state index in [0.717, 1.165) is 51.5 Å². The number of hydrogen-bond acceptors (Lipinski definition) is 3. The first kappa shape index (κ1) is 22.7. The first-order valence-electron chi connectivity index (χ1n) is 9.67. The van der Waals surface area contributed by atoms with E-state index in [1.807, 2.05) is 7.05 Å². The van der Waals surface area contributed by atoms with Crippen LogP contribution in [0.4, 0.5) is 0 Å². The molecule has 146 valence electrons. The monoisotopic (exact) mass is 464 g/mol. The van der Waals surface area contributed by atoms with Crippen LogP contribution in [0.3, 0.4) is 0 Å². The van der Waals surface area contributed by atoms with E-state index >= 15 is 0 Å². The minimum absolute atomic E-state index is 0. The summed E-state index contributed by atoms with van der Waals surface area (Å²) in [5.41, 5.74) is 1.61. The van der Waals surface area contributed by atoms with Gasteiger partial charge in [0.05, 0.1) is 12.2 Å². The molecule has 2 atom stereocenters. The lowest BCUT2D eigenvalue weighted by Crippen LogP contribution is -2.46. The molecule has 6 heteroatoms. The highest BCUT2D eigenvalue weighted by Crippen LogP contribution is 2.19. The number of halogens is 1. The first-order chi connectivity index (χ1) is 11.7. The molecule has 1 saturated heterocycles. The molecule has 25 heavy (non-hydrogen) atoms. The van der Waals surface area contributed by atoms with Gasteiger partial charge in [0.15, 0.2) is 5.96 Å². The molecule has 0 aromatic carbocycles. The van der Waals surface area contributed by atoms with Gasteiger partial charge >= 0.3 is 0 Å². The summed E-state index contributed by atoms with van der Waals surface area (Å²) in [5.74, 6) is 0.926. The van der Waals surface area contributed by atoms with Crippen molar-refractivity contribution < 1.29 is 4.74 Å². The van der Waals surface area contributed by atoms with Crippen LogP contribution in [0.25, 0.3) is 0 Å². The molecule has 0 aromatic heterocycles. The normalized spacial score (nSPS) is 25.1. The topological polar surface area (TPSA) is 48.9 Å². The molecule has 2 N–H and O–H groups in total. The van der Waals surface area contributed by atoms with Crippen LogP contribution in [0.2, 0.25) is 0 Å². The van der Waals surface area contributed by atoms with Crippen molar-refractivity contribution in [2.45, 2.75) is 64.6 Å². The maximum atomic E-state index is 5.78. The molecule has 2 rings (SSSR count). The lowest BCUT2D eigenvalue weighted by molar-refractivity contribution is -0.0679. The zero-order valence-electron chi connectivity index (χ0n) is 16.2. The van der Waals surface area contributed by atoms with Gasteiger partial charge in [-0.15, -0.1) is 24.0 Å². The lowest BCUT2D eigenvalue weighted by atomic mass is 9.97. The molecule has 2 unspecified atom stereocenters. The summed E-state index contributed by atoms with van der Waals surface area (Å²) < 4.78 is 5.78. The fraction of sp³-hybridized carbons (Fsp3) is 0.842. The molecule has 1 heterocycles. The number of rotatable bonds is 7. The van der Waals surface area contributed by atoms with E-state index in [1.165, 1.54) is 25.7 Å². The van der Waals surface area contributed by atoms with E-state index in [9.17, 15) is 0 Å². The van der Waals surface area contributed by atoms with Crippen LogP contribution in [-0.4, -0.2) is 62.8 Å². The van der Waals surface area contributed by atoms with Crippen LogP contribution in [0.1, 0.15) is 52.4 Å². The standard InChI is InChI=1S/C19H36N4O.HI/c1-16-14-23(15-17(2)24-16)13-7-11-21-19(20-3)22-12-10-18-8-5-4-6-9-18;/h8,16-17H,4-7,9-15H2,1-3H3,(H2,20,21,22);1H. The average molecular weight is 464 g/mol. The van der Waals surface area contributed by atoms with Crippen molar-refractivity contribution in [3.63, 3.8) is 0 Å². The summed E-state index contributed by atoms with van der Waals surface area (Å²) >= 11 is 0. The number of nitrogens with one attached hydrogen (secondary N) is 2. The Morgan fingerprint density at radius 1 is 1.20 bits per heavy atom. The van der Waals surface area contributed by atoms with Gasteiger partial charge in [-0.25, -0.2) is 0 Å². The van der Waals surface area contributed by atoms with Gasteiger partial charge in [-0.3, -0.25) is 9.89 Å². The predicted octanol–water partition coefficient (Wildman–Crippen LogP) is 3.16. The van der Waals surface area contributed by atoms with Gasteiger partial charge < -0.3 is 15.4 Å². The number of guanidine groups is 1. The second-order valence-corrected chi connectivity index (χ2v) is 7.15. The van der Waals surface area contributed by atoms with Crippen molar-refractivity contribution in [1.82, 2.24) is 15.5 Å². The highest BCUT2D eigenvalue weighted by atomic mass is 127. The van der Waals surface area contributed by atoms with Gasteiger partial charge in [0.25, 0.3) is 0 Å². The van der Waals surface area contributed by atoms with E-state index < -0.39 is 0 Å². The molecule has 1 aliphatic carbocycles. The Kier molecular flexibility index (Phi) is 11.7. The second kappa shape index (κ2) is 12.9. The molecule has 1 fully saturated rings. The van der Waals surface area contributed by atoms with Gasteiger partial charge in [0.2, 0.25) is 0 Å². The summed E-state index contributed by atoms with van der Waals surface area (Å²) in [6, 6.07) is 0. The molecular formula is C19H37IN4O. The molecular weight excluding hydrogens is 427 g/mol. The molecule has 0 aromatic rings. The summed E-state index contributed by atoms with van der Waals surface area (Å²) in [4.78, 5) is 6.83. The third kappa shape index (κ3) is 9.24. The minimum atomic E-state index is 0. The van der Waals surface area contributed by atoms with Crippen LogP contribution < -0.4 is 10.6 Å². The van der Waals surface area contributed by atoms with Gasteiger partial charge in [-0.1, -0.05) is 11.6 Å². The summed E-state index contributed by atoms with van der Waals surface area (Å²) in [6.45, 7) is 9.48. The van der Waals surface area contributed by atoms with Crippen molar-refractivity contribution in [1.29, 1.82) is 0 Å². The van der Waals surface area contributed by atoms with Crippen LogP contribution in [-0.2, 0) is 4.74 Å². The fourth-order valence-electron chi connectivity index (χ4n) is 3.67. The second-order valence-electron chi connectivity index (χ2n) is 7.15. The Hall–Kier alpha value is -0.340. The number of hydrogen-bond donors (Lipinski definition) is 2. The minimum Gasteiger partial charge on any atom is -0.373 e. The quantitative estimate of drug-likeness (QED) is 0.200. The Morgan fingerprint density at radius 3 is 2.56 bits per heavy atom. The number of aliphatic imine (C=N–C) groups is 1. The van der Waals surface area contributed by atoms with E-state index in [2.05, 4.69) is 40.4 Å². The Balaban J connectivity index is 0.00000312. The number of allylic oxidation sites excluding steroid dienone is 1. The number of ether oxygens (including phenoxy) is 1. The third-order valence-corrected chi connectivity index (χ3v) is 4.79. The highest BCUT2D eigenvalue weighted by Gasteiger charge is 2.21. The molecule has 0 radical (unpaired) electrons. The number of morpholine rings is 1. The van der Waals surface area contributed by atoms with Crippen LogP contribution in [0.15, 0.2) is 16.6 Å². The van der Waals surface area contributed by atoms with Gasteiger partial charge in [0, 0.05) is 39.8 Å². The Bertz CT molecular complexity index is 418. The van der Waals surface area contributed by atoms with Crippen molar-refractivity contribution in [3.8, 4) is 0 Å². The predicted molar refractivity (Wildman–Crippen MR) is 117 cm³/mol. The van der Waals surface area contributed by atoms with Gasteiger partial charge in [0.1, 0.15) is 0 Å². The smallest absolute Gasteiger partial charge is 0.190 e. The molecule has 0 amide bonds. The zero-order valence-corrected chi connectivity index (χ0v) is 18.6. The zero-order chi connectivity index (χ0) is 17.2. The highest BCUT2D eigenvalue weighted by molar-refractivity contribution is 14.0. The lowest BCUT2D eigenvalue weighted by Gasteiger charge is -2.35. The van der Waals surface area contributed by atoms with Gasteiger partial charge in [-0.05, 0) is 52.4 Å². The fourth-order valence-corrected chi connectivity index (χ4v) is 3.67. The van der Waals surface area contributed by atoms with Crippen LogP contribution >= 0.6 is 24.0 Å². The van der Waals surface area contributed by atoms with Crippen molar-refractivity contribution >= 4 is 29.9 Å². The summed E-state index contributed by atoms with van der Waals surface area (Å²) in [7, 11) is 1.85. The Morgan fingerprint density at radius 2 is 1.92 bits per heavy atom. The SMILES string of the molecule is CN=C(NCCCN1CC(C)OC(C)C1)NCCC1=CCCCC1.I. The molecule has 0 bridgehead atoms. The first-order valence-corrected chi connectivity index (χ1v) is 9.67. The van der Waals surface area contributed by atoms with E-state index in [1.54, 1.807) is 5.57 Å². The molecule has 5 nitrogen and oxygen atoms in total. The summed E-state index contributed by atoms with van der Waals surface area (Å²) in [5, 5.41) is 6.86. The molecule has 2 aliphatic rings. The van der Waals surface area contributed by atoms with E-state index in [4.69, 9.17) is 4.74 Å². The maximum Gasteiger partial charge on any atom is 0.190 e. The molecule has 1 aliphatic heterocycles. The van der Waals surface area contributed by atoms with Crippen molar-refractivity contribution in [3.05, 3.63) is 11.6 Å². The van der Waals surface area contributed by atoms with Crippen molar-refractivity contribution in [2.24, 2.45) is 4.99 Å². The van der Waals surface area contributed by atoms with Crippen LogP contribution in [0.5, 0.6) is 0 Å². The maximum absolute atomic E-state index is 5.78. The average Bonchev–Trinajstić information content (AvgIpc) is 2.57. The third-order valence-electron chi connectivity index (χ3n) is 4.79. The number of nitrogens with zero attached hydrogens (tertiary/aromatic N) is 2. The molecule has 0 spiro atoms. The van der Waals surface area contributed by atoms with Gasteiger partial charge in [-0.2, -0.15) is 0 Å². The summed E-state index contributed by atoms with van der Waals surface area (Å²) in [6.07, 6.45) is 10.7. The molecule has 0 saturated carbocycles. The largest absolute Gasteiger partial charge is 0.373 e.